The van der Waals surface area contributed by atoms with Gasteiger partial charge in [0, 0.05) is 6.42 Å². The molecule has 1 aliphatic rings. The Morgan fingerprint density at radius 1 is 1.14 bits per heavy atom. The molecule has 1 aliphatic heterocycles. The Balaban J connectivity index is 2.54. The first-order chi connectivity index (χ1) is 6.49. The van der Waals surface area contributed by atoms with Crippen molar-refractivity contribution in [1.82, 2.24) is 0 Å². The Morgan fingerprint density at radius 3 is 2.50 bits per heavy atom. The number of hydrogen-bond donors (Lipinski definition) is 2. The number of carbonyl (C=O) groups excluding carboxylic acids is 2. The Morgan fingerprint density at radius 2 is 1.79 bits per heavy atom. The Hall–Kier alpha value is -1.14. The van der Waals surface area contributed by atoms with Crippen LogP contribution in [0, 0.1) is 0 Å². The zero-order valence-corrected chi connectivity index (χ0v) is 7.56. The maximum atomic E-state index is 10.9. The number of aliphatic hydroxyl groups is 2. The van der Waals surface area contributed by atoms with Crippen LogP contribution in [0.3, 0.4) is 0 Å². The van der Waals surface area contributed by atoms with Gasteiger partial charge in [0.15, 0.2) is 0 Å². The molecule has 6 nitrogen and oxygen atoms in total. The maximum Gasteiger partial charge on any atom is 0.324 e. The number of ether oxygens (including phenoxy) is 2. The third-order valence-electron chi connectivity index (χ3n) is 1.72. The Kier molecular flexibility index (Phi) is 3.43. The van der Waals surface area contributed by atoms with Gasteiger partial charge in [-0.2, -0.15) is 0 Å². The van der Waals surface area contributed by atoms with E-state index in [1.54, 1.807) is 0 Å². The topological polar surface area (TPSA) is 93.1 Å². The maximum absolute atomic E-state index is 10.9. The van der Waals surface area contributed by atoms with Crippen molar-refractivity contribution >= 4 is 11.9 Å². The molecule has 1 rings (SSSR count). The molecule has 80 valence electrons. The smallest absolute Gasteiger partial charge is 0.324 e. The molecule has 0 aliphatic carbocycles. The van der Waals surface area contributed by atoms with Gasteiger partial charge < -0.3 is 19.7 Å². The molecule has 14 heavy (non-hydrogen) atoms. The summed E-state index contributed by atoms with van der Waals surface area (Å²) in [5, 5.41) is 18.2. The molecule has 0 atom stereocenters. The summed E-state index contributed by atoms with van der Waals surface area (Å²) in [5.41, 5.74) is 0. The predicted octanol–water partition coefficient (Wildman–Crippen LogP) is -0.715. The van der Waals surface area contributed by atoms with Gasteiger partial charge in [-0.1, -0.05) is 0 Å². The molecular formula is C8H12O6. The van der Waals surface area contributed by atoms with E-state index >= 15 is 0 Å². The van der Waals surface area contributed by atoms with Crippen molar-refractivity contribution in [3.05, 3.63) is 0 Å². The highest BCUT2D eigenvalue weighted by molar-refractivity contribution is 5.77. The van der Waals surface area contributed by atoms with Gasteiger partial charge in [0.05, 0.1) is 19.4 Å². The number of esters is 2. The molecule has 0 radical (unpaired) electrons. The molecule has 0 bridgehead atoms. The van der Waals surface area contributed by atoms with Gasteiger partial charge in [-0.3, -0.25) is 9.59 Å². The SMILES string of the molecule is O=C1CCC(=O)OC(O)(O)CCCO1. The molecule has 0 aromatic carbocycles. The van der Waals surface area contributed by atoms with Crippen LogP contribution in [0.25, 0.3) is 0 Å². The summed E-state index contributed by atoms with van der Waals surface area (Å²) in [6, 6.07) is 0. The van der Waals surface area contributed by atoms with E-state index in [4.69, 9.17) is 14.9 Å². The van der Waals surface area contributed by atoms with E-state index in [2.05, 4.69) is 4.74 Å². The quantitative estimate of drug-likeness (QED) is 0.399. The number of cyclic esters (lactones) is 2. The van der Waals surface area contributed by atoms with Crippen molar-refractivity contribution in [3.63, 3.8) is 0 Å². The molecule has 0 spiro atoms. The zero-order valence-electron chi connectivity index (χ0n) is 7.56. The number of rotatable bonds is 0. The summed E-state index contributed by atoms with van der Waals surface area (Å²) in [4.78, 5) is 21.8. The van der Waals surface area contributed by atoms with Crippen LogP contribution in [0.15, 0.2) is 0 Å². The van der Waals surface area contributed by atoms with Crippen molar-refractivity contribution in [1.29, 1.82) is 0 Å². The van der Waals surface area contributed by atoms with Crippen LogP contribution in [0.2, 0.25) is 0 Å². The average Bonchev–Trinajstić information content (AvgIpc) is 2.07. The minimum absolute atomic E-state index is 0.0965. The first-order valence-corrected chi connectivity index (χ1v) is 4.32. The lowest BCUT2D eigenvalue weighted by atomic mass is 10.2. The third kappa shape index (κ3) is 3.71. The van der Waals surface area contributed by atoms with Gasteiger partial charge in [-0.05, 0) is 6.42 Å². The van der Waals surface area contributed by atoms with Gasteiger partial charge in [0.1, 0.15) is 0 Å². The molecule has 1 saturated heterocycles. The van der Waals surface area contributed by atoms with Crippen LogP contribution >= 0.6 is 0 Å². The van der Waals surface area contributed by atoms with Crippen LogP contribution in [0.5, 0.6) is 0 Å². The summed E-state index contributed by atoms with van der Waals surface area (Å²) in [5.74, 6) is -3.75. The summed E-state index contributed by atoms with van der Waals surface area (Å²) in [6.07, 6.45) is -0.255. The monoisotopic (exact) mass is 204 g/mol. The van der Waals surface area contributed by atoms with E-state index in [0.717, 1.165) is 0 Å². The highest BCUT2D eigenvalue weighted by Crippen LogP contribution is 2.14. The molecule has 0 unspecified atom stereocenters. The fourth-order valence-corrected chi connectivity index (χ4v) is 1.05. The second-order valence-electron chi connectivity index (χ2n) is 3.04. The second-order valence-corrected chi connectivity index (χ2v) is 3.04. The highest BCUT2D eigenvalue weighted by atomic mass is 16.8. The molecule has 6 heteroatoms. The molecule has 0 saturated carbocycles. The molecule has 1 heterocycles. The molecule has 0 aromatic heterocycles. The van der Waals surface area contributed by atoms with Gasteiger partial charge in [0.2, 0.25) is 0 Å². The zero-order chi connectivity index (χ0) is 10.6. The van der Waals surface area contributed by atoms with Crippen molar-refractivity contribution in [2.75, 3.05) is 6.61 Å². The lowest BCUT2D eigenvalue weighted by Gasteiger charge is -2.22. The third-order valence-corrected chi connectivity index (χ3v) is 1.72. The molecular weight excluding hydrogens is 192 g/mol. The Labute approximate surface area is 80.4 Å². The standard InChI is InChI=1S/C8H12O6/c9-6-2-3-7(10)14-8(11,12)4-1-5-13-6/h11-12H,1-5H2. The van der Waals surface area contributed by atoms with Crippen LogP contribution in [-0.4, -0.2) is 34.7 Å². The molecule has 2 N–H and O–H groups in total. The first kappa shape index (κ1) is 10.9. The van der Waals surface area contributed by atoms with Crippen molar-refractivity contribution in [3.8, 4) is 0 Å². The molecule has 0 aromatic rings. The largest absolute Gasteiger partial charge is 0.466 e. The molecule has 1 fully saturated rings. The normalized spacial score (nSPS) is 23.6. The van der Waals surface area contributed by atoms with Crippen LogP contribution in [-0.2, 0) is 19.1 Å². The van der Waals surface area contributed by atoms with Gasteiger partial charge in [-0.25, -0.2) is 0 Å². The van der Waals surface area contributed by atoms with E-state index in [1.807, 2.05) is 0 Å². The summed E-state index contributed by atoms with van der Waals surface area (Å²) in [6.45, 7) is 0.0965. The predicted molar refractivity (Wildman–Crippen MR) is 42.7 cm³/mol. The van der Waals surface area contributed by atoms with E-state index in [1.165, 1.54) is 0 Å². The van der Waals surface area contributed by atoms with Crippen LogP contribution < -0.4 is 0 Å². The van der Waals surface area contributed by atoms with Gasteiger partial charge in [-0.15, -0.1) is 0 Å². The van der Waals surface area contributed by atoms with Crippen molar-refractivity contribution in [2.24, 2.45) is 0 Å². The van der Waals surface area contributed by atoms with E-state index in [0.29, 0.717) is 0 Å². The summed E-state index contributed by atoms with van der Waals surface area (Å²) >= 11 is 0. The summed E-state index contributed by atoms with van der Waals surface area (Å²) < 4.78 is 9.02. The van der Waals surface area contributed by atoms with Crippen molar-refractivity contribution < 1.29 is 29.3 Å². The van der Waals surface area contributed by atoms with E-state index in [9.17, 15) is 9.59 Å². The van der Waals surface area contributed by atoms with Gasteiger partial charge in [0.25, 0.3) is 0 Å². The fraction of sp³-hybridized carbons (Fsp3) is 0.750. The minimum Gasteiger partial charge on any atom is -0.466 e. The number of carbonyl (C=O) groups is 2. The van der Waals surface area contributed by atoms with Crippen LogP contribution in [0.4, 0.5) is 0 Å². The van der Waals surface area contributed by atoms with Crippen LogP contribution in [0.1, 0.15) is 25.7 Å². The minimum atomic E-state index is -2.44. The first-order valence-electron chi connectivity index (χ1n) is 4.32. The average molecular weight is 204 g/mol. The lowest BCUT2D eigenvalue weighted by Crippen LogP contribution is -2.35. The summed E-state index contributed by atoms with van der Waals surface area (Å²) in [7, 11) is 0. The van der Waals surface area contributed by atoms with Crippen molar-refractivity contribution in [2.45, 2.75) is 31.7 Å². The second kappa shape index (κ2) is 4.39. The van der Waals surface area contributed by atoms with E-state index in [-0.39, 0.29) is 32.3 Å². The fourth-order valence-electron chi connectivity index (χ4n) is 1.05. The van der Waals surface area contributed by atoms with E-state index < -0.39 is 17.9 Å². The lowest BCUT2D eigenvalue weighted by molar-refractivity contribution is -0.323. The Bertz CT molecular complexity index is 234. The van der Waals surface area contributed by atoms with Gasteiger partial charge >= 0.3 is 17.9 Å². The highest BCUT2D eigenvalue weighted by Gasteiger charge is 2.29. The molecule has 0 amide bonds. The number of hydrogen-bond acceptors (Lipinski definition) is 6.